The van der Waals surface area contributed by atoms with Gasteiger partial charge in [0.25, 0.3) is 0 Å². The minimum Gasteiger partial charge on any atom is -0.381 e. The van der Waals surface area contributed by atoms with Crippen LogP contribution in [-0.4, -0.2) is 73.4 Å². The zero-order valence-electron chi connectivity index (χ0n) is 22.9. The number of nitrogens with zero attached hydrogens (tertiary/aromatic N) is 4. The van der Waals surface area contributed by atoms with Crippen molar-refractivity contribution in [2.24, 2.45) is 0 Å². The van der Waals surface area contributed by atoms with Crippen molar-refractivity contribution in [1.29, 1.82) is 0 Å². The number of aromatic nitrogens is 3. The standard InChI is InChI=1S/C28H37FN6O3S2/c1-2-19-40(36,37)34-22-8-6-7-21(24(22)29)25-26(39-27(33-25)20-10-17-38-18-11-20)23-9-12-30-28(32-23)31-13-16-35-14-4-3-5-15-35/h6-9,12,20,34H,2-5,10-11,13-19H2,1H3,(H,30,31,32). The molecule has 1 aromatic carbocycles. The number of sulfonamides is 1. The van der Waals surface area contributed by atoms with Gasteiger partial charge in [-0.05, 0) is 63.4 Å². The molecule has 0 radical (unpaired) electrons. The number of ether oxygens (including phenoxy) is 1. The van der Waals surface area contributed by atoms with Gasteiger partial charge in [-0.25, -0.2) is 27.8 Å². The number of rotatable bonds is 11. The smallest absolute Gasteiger partial charge is 0.232 e. The zero-order valence-corrected chi connectivity index (χ0v) is 24.5. The number of nitrogens with one attached hydrogen (secondary N) is 2. The second-order valence-electron chi connectivity index (χ2n) is 10.3. The van der Waals surface area contributed by atoms with Crippen LogP contribution in [0.1, 0.15) is 56.4 Å². The third-order valence-corrected chi connectivity index (χ3v) is 9.97. The number of likely N-dealkylation sites (tertiary alicyclic amines) is 1. The predicted octanol–water partition coefficient (Wildman–Crippen LogP) is 5.35. The summed E-state index contributed by atoms with van der Waals surface area (Å²) in [5, 5.41) is 4.25. The predicted molar refractivity (Wildman–Crippen MR) is 158 cm³/mol. The lowest BCUT2D eigenvalue weighted by Gasteiger charge is -2.26. The van der Waals surface area contributed by atoms with E-state index in [0.29, 0.717) is 37.0 Å². The lowest BCUT2D eigenvalue weighted by Crippen LogP contribution is -2.33. The molecule has 2 saturated heterocycles. The molecule has 0 saturated carbocycles. The SMILES string of the molecule is CCCS(=O)(=O)Nc1cccc(-c2nc(C3CCOCC3)sc2-c2ccnc(NCCN3CCCCC3)n2)c1F. The molecule has 12 heteroatoms. The van der Waals surface area contributed by atoms with Crippen molar-refractivity contribution in [3.05, 3.63) is 41.3 Å². The number of piperidine rings is 1. The van der Waals surface area contributed by atoms with Gasteiger partial charge in [0.05, 0.1) is 32.7 Å². The molecule has 2 aliphatic heterocycles. The maximum absolute atomic E-state index is 15.9. The van der Waals surface area contributed by atoms with Crippen LogP contribution in [0.3, 0.4) is 0 Å². The second-order valence-corrected chi connectivity index (χ2v) is 13.2. The Morgan fingerprint density at radius 2 is 1.93 bits per heavy atom. The van der Waals surface area contributed by atoms with Gasteiger partial charge in [0.15, 0.2) is 5.82 Å². The molecular formula is C28H37FN6O3S2. The van der Waals surface area contributed by atoms with Crippen LogP contribution in [0.2, 0.25) is 0 Å². The highest BCUT2D eigenvalue weighted by Crippen LogP contribution is 2.42. The molecule has 0 unspecified atom stereocenters. The van der Waals surface area contributed by atoms with Gasteiger partial charge >= 0.3 is 0 Å². The highest BCUT2D eigenvalue weighted by molar-refractivity contribution is 7.92. The lowest BCUT2D eigenvalue weighted by molar-refractivity contribution is 0.0853. The van der Waals surface area contributed by atoms with Gasteiger partial charge in [-0.2, -0.15) is 0 Å². The summed E-state index contributed by atoms with van der Waals surface area (Å²) in [6.07, 6.45) is 7.62. The van der Waals surface area contributed by atoms with E-state index < -0.39 is 15.8 Å². The van der Waals surface area contributed by atoms with Crippen LogP contribution in [0.4, 0.5) is 16.0 Å². The highest BCUT2D eigenvalue weighted by Gasteiger charge is 2.26. The molecule has 2 aliphatic rings. The van der Waals surface area contributed by atoms with Gasteiger partial charge in [0.1, 0.15) is 0 Å². The van der Waals surface area contributed by atoms with Crippen LogP contribution in [0.25, 0.3) is 21.8 Å². The molecule has 2 N–H and O–H groups in total. The summed E-state index contributed by atoms with van der Waals surface area (Å²) in [6, 6.07) is 6.53. The highest BCUT2D eigenvalue weighted by atomic mass is 32.2. The van der Waals surface area contributed by atoms with Crippen molar-refractivity contribution < 1.29 is 17.5 Å². The Morgan fingerprint density at radius 1 is 1.12 bits per heavy atom. The van der Waals surface area contributed by atoms with Crippen molar-refractivity contribution in [3.63, 3.8) is 0 Å². The first-order valence-electron chi connectivity index (χ1n) is 14.1. The van der Waals surface area contributed by atoms with Gasteiger partial charge in [-0.15, -0.1) is 11.3 Å². The van der Waals surface area contributed by atoms with Crippen LogP contribution in [0, 0.1) is 5.82 Å². The van der Waals surface area contributed by atoms with E-state index in [0.717, 1.165) is 48.9 Å². The molecule has 3 aromatic rings. The summed E-state index contributed by atoms with van der Waals surface area (Å²) in [5.74, 6) is -0.00481. The van der Waals surface area contributed by atoms with Crippen molar-refractivity contribution in [2.45, 2.75) is 51.4 Å². The fraction of sp³-hybridized carbons (Fsp3) is 0.536. The van der Waals surface area contributed by atoms with Gasteiger partial charge < -0.3 is 15.0 Å². The summed E-state index contributed by atoms with van der Waals surface area (Å²) < 4.78 is 48.6. The monoisotopic (exact) mass is 588 g/mol. The molecule has 2 fully saturated rings. The molecule has 0 bridgehead atoms. The van der Waals surface area contributed by atoms with E-state index in [9.17, 15) is 8.42 Å². The van der Waals surface area contributed by atoms with Gasteiger partial charge in [0.2, 0.25) is 16.0 Å². The first-order chi connectivity index (χ1) is 19.4. The summed E-state index contributed by atoms with van der Waals surface area (Å²) in [7, 11) is -3.66. The van der Waals surface area contributed by atoms with Crippen molar-refractivity contribution in [3.8, 4) is 21.8 Å². The Balaban J connectivity index is 1.46. The maximum Gasteiger partial charge on any atom is 0.232 e. The molecule has 40 heavy (non-hydrogen) atoms. The number of thiazole rings is 1. The molecule has 9 nitrogen and oxygen atoms in total. The molecule has 0 atom stereocenters. The fourth-order valence-electron chi connectivity index (χ4n) is 5.17. The van der Waals surface area contributed by atoms with Crippen molar-refractivity contribution in [2.75, 3.05) is 55.2 Å². The van der Waals surface area contributed by atoms with Gasteiger partial charge in [-0.1, -0.05) is 19.4 Å². The minimum atomic E-state index is -3.66. The Bertz CT molecular complexity index is 1390. The molecule has 0 amide bonds. The molecular weight excluding hydrogens is 551 g/mol. The third kappa shape index (κ3) is 7.15. The average molecular weight is 589 g/mol. The molecule has 2 aromatic heterocycles. The van der Waals surface area contributed by atoms with Crippen LogP contribution in [0.5, 0.6) is 0 Å². The lowest BCUT2D eigenvalue weighted by atomic mass is 10.0. The van der Waals surface area contributed by atoms with E-state index in [4.69, 9.17) is 14.7 Å². The summed E-state index contributed by atoms with van der Waals surface area (Å²) >= 11 is 1.51. The van der Waals surface area contributed by atoms with E-state index in [1.54, 1.807) is 25.3 Å². The first kappa shape index (κ1) is 28.8. The van der Waals surface area contributed by atoms with E-state index in [2.05, 4.69) is 19.9 Å². The third-order valence-electron chi connectivity index (χ3n) is 7.25. The van der Waals surface area contributed by atoms with Crippen molar-refractivity contribution in [1.82, 2.24) is 19.9 Å². The number of halogens is 1. The maximum atomic E-state index is 15.9. The van der Waals surface area contributed by atoms with E-state index >= 15 is 4.39 Å². The first-order valence-corrected chi connectivity index (χ1v) is 16.6. The molecule has 0 spiro atoms. The largest absolute Gasteiger partial charge is 0.381 e. The number of hydrogen-bond donors (Lipinski definition) is 2. The molecule has 216 valence electrons. The van der Waals surface area contributed by atoms with E-state index in [1.165, 1.54) is 36.7 Å². The van der Waals surface area contributed by atoms with Crippen LogP contribution >= 0.6 is 11.3 Å². The van der Waals surface area contributed by atoms with E-state index in [-0.39, 0.29) is 22.9 Å². The summed E-state index contributed by atoms with van der Waals surface area (Å²) in [5.41, 5.74) is 1.26. The quantitative estimate of drug-likeness (QED) is 0.309. The molecule has 4 heterocycles. The fourth-order valence-corrected chi connectivity index (χ4v) is 7.52. The van der Waals surface area contributed by atoms with Crippen LogP contribution in [-0.2, 0) is 14.8 Å². The Labute approximate surface area is 239 Å². The Morgan fingerprint density at radius 3 is 2.70 bits per heavy atom. The minimum absolute atomic E-state index is 0.0824. The van der Waals surface area contributed by atoms with Crippen LogP contribution < -0.4 is 10.0 Å². The summed E-state index contributed by atoms with van der Waals surface area (Å²) in [6.45, 7) is 7.01. The van der Waals surface area contributed by atoms with Crippen molar-refractivity contribution >= 4 is 33.0 Å². The number of anilines is 2. The molecule has 0 aliphatic carbocycles. The summed E-state index contributed by atoms with van der Waals surface area (Å²) in [4.78, 5) is 17.3. The van der Waals surface area contributed by atoms with Gasteiger partial charge in [0, 0.05) is 44.0 Å². The van der Waals surface area contributed by atoms with Gasteiger partial charge in [-0.3, -0.25) is 4.72 Å². The normalized spacial score (nSPS) is 17.1. The number of hydrogen-bond acceptors (Lipinski definition) is 9. The topological polar surface area (TPSA) is 109 Å². The average Bonchev–Trinajstić information content (AvgIpc) is 3.41. The number of benzene rings is 1. The Kier molecular flexibility index (Phi) is 9.61. The Hall–Kier alpha value is -2.67. The molecule has 5 rings (SSSR count). The van der Waals surface area contributed by atoms with Crippen LogP contribution in [0.15, 0.2) is 30.5 Å². The second kappa shape index (κ2) is 13.3. The van der Waals surface area contributed by atoms with E-state index in [1.807, 2.05) is 6.07 Å². The zero-order chi connectivity index (χ0) is 28.0.